The summed E-state index contributed by atoms with van der Waals surface area (Å²) in [4.78, 5) is 9.38. The van der Waals surface area contributed by atoms with Gasteiger partial charge < -0.3 is 19.3 Å². The molecule has 1 aliphatic rings. The number of nitrogens with one attached hydrogen (secondary N) is 2. The fourth-order valence-corrected chi connectivity index (χ4v) is 4.23. The van der Waals surface area contributed by atoms with E-state index in [1.165, 1.54) is 0 Å². The summed E-state index contributed by atoms with van der Waals surface area (Å²) in [6, 6.07) is 3.46. The van der Waals surface area contributed by atoms with E-state index in [1.807, 2.05) is 13.0 Å². The van der Waals surface area contributed by atoms with Gasteiger partial charge in [0.1, 0.15) is 6.26 Å². The quantitative estimate of drug-likeness (QED) is 0.352. The Morgan fingerprint density at radius 3 is 2.69 bits per heavy atom. The van der Waals surface area contributed by atoms with E-state index in [1.54, 1.807) is 36.3 Å². The molecule has 11 heteroatoms. The molecule has 29 heavy (non-hydrogen) atoms. The number of nitrogens with zero attached hydrogens (tertiary/aromatic N) is 5. The van der Waals surface area contributed by atoms with Gasteiger partial charge in [0.2, 0.25) is 10.0 Å². The summed E-state index contributed by atoms with van der Waals surface area (Å²) in [5.74, 6) is 0.812. The zero-order valence-corrected chi connectivity index (χ0v) is 17.7. The molecular formula is C18H29N7O3S. The fourth-order valence-electron chi connectivity index (χ4n) is 3.15. The van der Waals surface area contributed by atoms with Crippen LogP contribution in [0.2, 0.25) is 0 Å². The molecule has 10 nitrogen and oxygen atoms in total. The highest BCUT2D eigenvalue weighted by molar-refractivity contribution is 7.89. The normalized spacial score (nSPS) is 16.3. The number of hydrogen-bond donors (Lipinski definition) is 2. The third-order valence-electron chi connectivity index (χ3n) is 4.66. The van der Waals surface area contributed by atoms with Crippen molar-refractivity contribution in [2.75, 3.05) is 45.8 Å². The Morgan fingerprint density at radius 1 is 1.28 bits per heavy atom. The molecule has 0 spiro atoms. The number of aryl methyl sites for hydroxylation is 1. The van der Waals surface area contributed by atoms with Gasteiger partial charge in [0.15, 0.2) is 5.96 Å². The Kier molecular flexibility index (Phi) is 7.29. The van der Waals surface area contributed by atoms with E-state index in [2.05, 4.69) is 30.0 Å². The molecular weight excluding hydrogens is 394 g/mol. The van der Waals surface area contributed by atoms with Crippen LogP contribution in [0.3, 0.4) is 0 Å². The van der Waals surface area contributed by atoms with Crippen molar-refractivity contribution < 1.29 is 12.9 Å². The van der Waals surface area contributed by atoms with Crippen LogP contribution >= 0.6 is 0 Å². The first-order valence-electron chi connectivity index (χ1n) is 9.74. The van der Waals surface area contributed by atoms with E-state index in [0.717, 1.165) is 50.9 Å². The molecule has 0 radical (unpaired) electrons. The minimum Gasteiger partial charge on any atom is -0.364 e. The SMILES string of the molecule is CCNC(=NCCNS(=O)(=O)c1ccn(C)c1)N1CCN(Cc2ccon2)CC1. The Hall–Kier alpha value is -2.37. The molecule has 2 aromatic heterocycles. The van der Waals surface area contributed by atoms with Gasteiger partial charge >= 0.3 is 0 Å². The number of guanidine groups is 1. The number of rotatable bonds is 8. The van der Waals surface area contributed by atoms with Crippen molar-refractivity contribution in [1.29, 1.82) is 0 Å². The van der Waals surface area contributed by atoms with Crippen LogP contribution < -0.4 is 10.0 Å². The molecule has 1 saturated heterocycles. The van der Waals surface area contributed by atoms with Crippen molar-refractivity contribution in [2.24, 2.45) is 12.0 Å². The van der Waals surface area contributed by atoms with Gasteiger partial charge in [-0.05, 0) is 13.0 Å². The lowest BCUT2D eigenvalue weighted by Crippen LogP contribution is -2.52. The van der Waals surface area contributed by atoms with Crippen LogP contribution in [-0.2, 0) is 23.6 Å². The maximum atomic E-state index is 12.3. The lowest BCUT2D eigenvalue weighted by molar-refractivity contribution is 0.169. The topological polar surface area (TPSA) is 108 Å². The van der Waals surface area contributed by atoms with Crippen LogP contribution in [0.1, 0.15) is 12.6 Å². The average molecular weight is 424 g/mol. The minimum atomic E-state index is -3.50. The zero-order chi connectivity index (χ0) is 20.7. The lowest BCUT2D eigenvalue weighted by Gasteiger charge is -2.36. The van der Waals surface area contributed by atoms with Crippen LogP contribution in [0.25, 0.3) is 0 Å². The van der Waals surface area contributed by atoms with E-state index >= 15 is 0 Å². The Morgan fingerprint density at radius 2 is 2.07 bits per heavy atom. The first kappa shape index (κ1) is 21.3. The monoisotopic (exact) mass is 423 g/mol. The highest BCUT2D eigenvalue weighted by atomic mass is 32.2. The van der Waals surface area contributed by atoms with E-state index < -0.39 is 10.0 Å². The van der Waals surface area contributed by atoms with Crippen LogP contribution in [0.4, 0.5) is 0 Å². The number of sulfonamides is 1. The van der Waals surface area contributed by atoms with E-state index in [4.69, 9.17) is 4.52 Å². The highest BCUT2D eigenvalue weighted by Gasteiger charge is 2.20. The molecule has 0 amide bonds. The van der Waals surface area contributed by atoms with Gasteiger partial charge in [-0.2, -0.15) is 0 Å². The van der Waals surface area contributed by atoms with Crippen molar-refractivity contribution in [1.82, 2.24) is 29.6 Å². The second-order valence-electron chi connectivity index (χ2n) is 6.90. The van der Waals surface area contributed by atoms with Crippen molar-refractivity contribution in [2.45, 2.75) is 18.4 Å². The first-order chi connectivity index (χ1) is 14.0. The van der Waals surface area contributed by atoms with Crippen molar-refractivity contribution >= 4 is 16.0 Å². The van der Waals surface area contributed by atoms with Gasteiger partial charge in [-0.1, -0.05) is 5.16 Å². The van der Waals surface area contributed by atoms with Gasteiger partial charge in [0.25, 0.3) is 0 Å². The van der Waals surface area contributed by atoms with E-state index in [0.29, 0.717) is 6.54 Å². The van der Waals surface area contributed by atoms with E-state index in [-0.39, 0.29) is 11.4 Å². The first-order valence-corrected chi connectivity index (χ1v) is 11.2. The molecule has 0 unspecified atom stereocenters. The third kappa shape index (κ3) is 6.05. The number of aromatic nitrogens is 2. The highest BCUT2D eigenvalue weighted by Crippen LogP contribution is 2.08. The molecule has 0 bridgehead atoms. The molecule has 3 rings (SSSR count). The zero-order valence-electron chi connectivity index (χ0n) is 16.9. The summed E-state index contributed by atoms with van der Waals surface area (Å²) in [5.41, 5.74) is 0.935. The number of aliphatic imine (C=N–C) groups is 1. The van der Waals surface area contributed by atoms with Gasteiger partial charge in [-0.15, -0.1) is 0 Å². The van der Waals surface area contributed by atoms with Crippen molar-refractivity contribution in [3.63, 3.8) is 0 Å². The fraction of sp³-hybridized carbons (Fsp3) is 0.556. The molecule has 160 valence electrons. The standard InChI is InChI=1S/C18H29N7O3S/c1-3-19-18(20-6-7-21-29(26,27)17-4-8-23(2)15-17)25-11-9-24(10-12-25)14-16-5-13-28-22-16/h4-5,8,13,15,21H,3,6-7,9-12,14H2,1-2H3,(H,19,20). The minimum absolute atomic E-state index is 0.248. The van der Waals surface area contributed by atoms with Crippen LogP contribution in [-0.4, -0.2) is 79.7 Å². The molecule has 2 N–H and O–H groups in total. The number of piperazine rings is 1. The smallest absolute Gasteiger partial charge is 0.242 e. The van der Waals surface area contributed by atoms with Crippen molar-refractivity contribution in [3.8, 4) is 0 Å². The van der Waals surface area contributed by atoms with Crippen LogP contribution in [0, 0.1) is 0 Å². The second kappa shape index (κ2) is 9.90. The van der Waals surface area contributed by atoms with Gasteiger partial charge in [0.05, 0.1) is 17.1 Å². The molecule has 3 heterocycles. The molecule has 0 aliphatic carbocycles. The summed E-state index contributed by atoms with van der Waals surface area (Å²) in [7, 11) is -1.71. The largest absolute Gasteiger partial charge is 0.364 e. The summed E-state index contributed by atoms with van der Waals surface area (Å²) >= 11 is 0. The maximum Gasteiger partial charge on any atom is 0.242 e. The molecule has 1 aliphatic heterocycles. The average Bonchev–Trinajstić information content (AvgIpc) is 3.37. The summed E-state index contributed by atoms with van der Waals surface area (Å²) < 4.78 is 33.7. The molecule has 1 fully saturated rings. The number of hydrogen-bond acceptors (Lipinski definition) is 6. The summed E-state index contributed by atoms with van der Waals surface area (Å²) in [6.45, 7) is 7.67. The lowest BCUT2D eigenvalue weighted by atomic mass is 10.3. The maximum absolute atomic E-state index is 12.3. The Labute approximate surface area is 171 Å². The van der Waals surface area contributed by atoms with Crippen LogP contribution in [0.5, 0.6) is 0 Å². The summed E-state index contributed by atoms with van der Waals surface area (Å²) in [5, 5.41) is 7.26. The Bertz CT molecular complexity index is 884. The third-order valence-corrected chi connectivity index (χ3v) is 6.11. The van der Waals surface area contributed by atoms with Gasteiger partial charge in [-0.3, -0.25) is 9.89 Å². The van der Waals surface area contributed by atoms with Gasteiger partial charge in [-0.25, -0.2) is 13.1 Å². The van der Waals surface area contributed by atoms with Gasteiger partial charge in [0, 0.05) is 71.3 Å². The molecule has 0 saturated carbocycles. The predicted octanol–water partition coefficient (Wildman–Crippen LogP) is 0.0747. The van der Waals surface area contributed by atoms with Crippen LogP contribution in [0.15, 0.2) is 45.2 Å². The van der Waals surface area contributed by atoms with Crippen molar-refractivity contribution in [3.05, 3.63) is 36.5 Å². The second-order valence-corrected chi connectivity index (χ2v) is 8.67. The predicted molar refractivity (Wildman–Crippen MR) is 110 cm³/mol. The summed E-state index contributed by atoms with van der Waals surface area (Å²) in [6.07, 6.45) is 4.88. The van der Waals surface area contributed by atoms with E-state index in [9.17, 15) is 8.42 Å². The molecule has 2 aromatic rings. The molecule has 0 atom stereocenters. The molecule has 0 aromatic carbocycles. The Balaban J connectivity index is 1.48.